The number of carbonyl (C=O) groups excluding carboxylic acids is 1. The molecule has 0 radical (unpaired) electrons. The SMILES string of the molecule is Cc1ccc(C(=O)Nc2ccccc2C(C)(C)C)cc1F. The molecule has 2 rings (SSSR count). The van der Waals surface area contributed by atoms with Crippen LogP contribution < -0.4 is 5.32 Å². The lowest BCUT2D eigenvalue weighted by Crippen LogP contribution is -2.18. The van der Waals surface area contributed by atoms with Gasteiger partial charge >= 0.3 is 0 Å². The van der Waals surface area contributed by atoms with Gasteiger partial charge in [0.05, 0.1) is 0 Å². The number of halogens is 1. The van der Waals surface area contributed by atoms with Gasteiger partial charge in [0, 0.05) is 11.3 Å². The highest BCUT2D eigenvalue weighted by Gasteiger charge is 2.19. The standard InChI is InChI=1S/C18H20FNO/c1-12-9-10-13(11-15(12)19)17(21)20-16-8-6-5-7-14(16)18(2,3)4/h5-11H,1-4H3,(H,20,21). The summed E-state index contributed by atoms with van der Waals surface area (Å²) in [5.74, 6) is -0.669. The summed E-state index contributed by atoms with van der Waals surface area (Å²) in [6.45, 7) is 7.93. The quantitative estimate of drug-likeness (QED) is 0.852. The molecular formula is C18H20FNO. The first-order valence-electron chi connectivity index (χ1n) is 6.96. The van der Waals surface area contributed by atoms with E-state index in [2.05, 4.69) is 26.1 Å². The number of hydrogen-bond donors (Lipinski definition) is 1. The molecule has 1 N–H and O–H groups in total. The molecule has 2 nitrogen and oxygen atoms in total. The van der Waals surface area contributed by atoms with Gasteiger partial charge in [-0.25, -0.2) is 4.39 Å². The highest BCUT2D eigenvalue weighted by atomic mass is 19.1. The number of aryl methyl sites for hydroxylation is 1. The Labute approximate surface area is 125 Å². The number of nitrogens with one attached hydrogen (secondary N) is 1. The topological polar surface area (TPSA) is 29.1 Å². The fourth-order valence-electron chi connectivity index (χ4n) is 2.17. The zero-order valence-corrected chi connectivity index (χ0v) is 12.8. The lowest BCUT2D eigenvalue weighted by atomic mass is 9.86. The van der Waals surface area contributed by atoms with Crippen LogP contribution in [0.3, 0.4) is 0 Å². The fourth-order valence-corrected chi connectivity index (χ4v) is 2.17. The zero-order chi connectivity index (χ0) is 15.6. The van der Waals surface area contributed by atoms with E-state index in [4.69, 9.17) is 0 Å². The third-order valence-corrected chi connectivity index (χ3v) is 3.42. The van der Waals surface area contributed by atoms with Crippen LogP contribution in [0.25, 0.3) is 0 Å². The molecule has 1 amide bonds. The van der Waals surface area contributed by atoms with Crippen molar-refractivity contribution in [3.05, 3.63) is 65.0 Å². The lowest BCUT2D eigenvalue weighted by molar-refractivity contribution is 0.102. The Hall–Kier alpha value is -2.16. The summed E-state index contributed by atoms with van der Waals surface area (Å²) in [5, 5.41) is 2.87. The van der Waals surface area contributed by atoms with Crippen LogP contribution in [-0.4, -0.2) is 5.91 Å². The molecule has 110 valence electrons. The minimum absolute atomic E-state index is 0.0810. The summed E-state index contributed by atoms with van der Waals surface area (Å²) in [5.41, 5.74) is 2.58. The van der Waals surface area contributed by atoms with Gasteiger partial charge in [0.1, 0.15) is 5.82 Å². The molecule has 0 aliphatic carbocycles. The molecule has 0 atom stereocenters. The average Bonchev–Trinajstić information content (AvgIpc) is 2.41. The van der Waals surface area contributed by atoms with Crippen LogP contribution in [-0.2, 0) is 5.41 Å². The smallest absolute Gasteiger partial charge is 0.255 e. The van der Waals surface area contributed by atoms with E-state index in [0.29, 0.717) is 11.1 Å². The van der Waals surface area contributed by atoms with Crippen LogP contribution in [0.2, 0.25) is 0 Å². The third kappa shape index (κ3) is 3.48. The van der Waals surface area contributed by atoms with Crippen molar-refractivity contribution in [2.75, 3.05) is 5.32 Å². The van der Waals surface area contributed by atoms with Crippen LogP contribution in [0.4, 0.5) is 10.1 Å². The predicted octanol–water partition coefficient (Wildman–Crippen LogP) is 4.68. The van der Waals surface area contributed by atoms with E-state index in [0.717, 1.165) is 11.3 Å². The van der Waals surface area contributed by atoms with Crippen LogP contribution >= 0.6 is 0 Å². The number of benzene rings is 2. The Kier molecular flexibility index (Phi) is 4.12. The Bertz CT molecular complexity index is 671. The molecule has 0 spiro atoms. The van der Waals surface area contributed by atoms with Gasteiger partial charge in [-0.1, -0.05) is 45.0 Å². The van der Waals surface area contributed by atoms with Gasteiger partial charge in [0.2, 0.25) is 0 Å². The average molecular weight is 285 g/mol. The molecule has 0 bridgehead atoms. The van der Waals surface area contributed by atoms with Gasteiger partial charge < -0.3 is 5.32 Å². The minimum Gasteiger partial charge on any atom is -0.322 e. The van der Waals surface area contributed by atoms with E-state index < -0.39 is 0 Å². The van der Waals surface area contributed by atoms with Gasteiger partial charge in [-0.05, 0) is 41.7 Å². The molecule has 0 unspecified atom stereocenters. The Morgan fingerprint density at radius 1 is 1.10 bits per heavy atom. The molecule has 2 aromatic rings. The Morgan fingerprint density at radius 3 is 2.38 bits per heavy atom. The molecule has 0 saturated heterocycles. The van der Waals surface area contributed by atoms with Gasteiger partial charge in [-0.3, -0.25) is 4.79 Å². The van der Waals surface area contributed by atoms with Crippen molar-refractivity contribution < 1.29 is 9.18 Å². The molecule has 0 aromatic heterocycles. The third-order valence-electron chi connectivity index (χ3n) is 3.42. The monoisotopic (exact) mass is 285 g/mol. The highest BCUT2D eigenvalue weighted by molar-refractivity contribution is 6.04. The molecule has 0 aliphatic rings. The van der Waals surface area contributed by atoms with E-state index in [1.165, 1.54) is 6.07 Å². The molecule has 2 aromatic carbocycles. The summed E-state index contributed by atoms with van der Waals surface area (Å²) < 4.78 is 13.6. The Balaban J connectivity index is 2.30. The molecule has 0 heterocycles. The zero-order valence-electron chi connectivity index (χ0n) is 12.8. The second-order valence-corrected chi connectivity index (χ2v) is 6.21. The molecule has 3 heteroatoms. The first-order chi connectivity index (χ1) is 9.79. The molecule has 0 saturated carbocycles. The van der Waals surface area contributed by atoms with E-state index in [1.807, 2.05) is 24.3 Å². The normalized spacial score (nSPS) is 11.3. The van der Waals surface area contributed by atoms with Crippen molar-refractivity contribution in [2.24, 2.45) is 0 Å². The molecule has 0 fully saturated rings. The maximum absolute atomic E-state index is 13.6. The number of para-hydroxylation sites is 1. The lowest BCUT2D eigenvalue weighted by Gasteiger charge is -2.23. The van der Waals surface area contributed by atoms with Gasteiger partial charge in [0.15, 0.2) is 0 Å². The first-order valence-corrected chi connectivity index (χ1v) is 6.96. The van der Waals surface area contributed by atoms with Crippen molar-refractivity contribution in [1.29, 1.82) is 0 Å². The summed E-state index contributed by atoms with van der Waals surface area (Å²) in [6, 6.07) is 12.2. The molecule has 0 aliphatic heterocycles. The first kappa shape index (κ1) is 15.2. The van der Waals surface area contributed by atoms with Gasteiger partial charge in [0.25, 0.3) is 5.91 Å². The van der Waals surface area contributed by atoms with Crippen LogP contribution in [0.15, 0.2) is 42.5 Å². The Morgan fingerprint density at radius 2 is 1.76 bits per heavy atom. The maximum atomic E-state index is 13.6. The van der Waals surface area contributed by atoms with E-state index in [1.54, 1.807) is 19.1 Å². The van der Waals surface area contributed by atoms with Crippen LogP contribution in [0.1, 0.15) is 42.3 Å². The van der Waals surface area contributed by atoms with Crippen molar-refractivity contribution in [3.63, 3.8) is 0 Å². The number of anilines is 1. The largest absolute Gasteiger partial charge is 0.322 e. The van der Waals surface area contributed by atoms with Crippen LogP contribution in [0.5, 0.6) is 0 Å². The maximum Gasteiger partial charge on any atom is 0.255 e. The van der Waals surface area contributed by atoms with Crippen molar-refractivity contribution in [3.8, 4) is 0 Å². The second kappa shape index (κ2) is 5.68. The fraction of sp³-hybridized carbons (Fsp3) is 0.278. The highest BCUT2D eigenvalue weighted by Crippen LogP contribution is 2.29. The van der Waals surface area contributed by atoms with Crippen molar-refractivity contribution in [1.82, 2.24) is 0 Å². The van der Waals surface area contributed by atoms with Crippen LogP contribution in [0, 0.1) is 12.7 Å². The minimum atomic E-state index is -0.369. The van der Waals surface area contributed by atoms with Crippen molar-refractivity contribution >= 4 is 11.6 Å². The predicted molar refractivity (Wildman–Crippen MR) is 84.2 cm³/mol. The van der Waals surface area contributed by atoms with Crippen molar-refractivity contribution in [2.45, 2.75) is 33.1 Å². The number of rotatable bonds is 2. The van der Waals surface area contributed by atoms with Gasteiger partial charge in [-0.2, -0.15) is 0 Å². The molecular weight excluding hydrogens is 265 g/mol. The summed E-state index contributed by atoms with van der Waals surface area (Å²) >= 11 is 0. The van der Waals surface area contributed by atoms with E-state index >= 15 is 0 Å². The van der Waals surface area contributed by atoms with E-state index in [-0.39, 0.29) is 17.1 Å². The number of hydrogen-bond acceptors (Lipinski definition) is 1. The summed E-state index contributed by atoms with van der Waals surface area (Å²) in [6.07, 6.45) is 0. The van der Waals surface area contributed by atoms with E-state index in [9.17, 15) is 9.18 Å². The summed E-state index contributed by atoms with van der Waals surface area (Å²) in [4.78, 5) is 12.3. The number of amides is 1. The molecule has 21 heavy (non-hydrogen) atoms. The second-order valence-electron chi connectivity index (χ2n) is 6.21. The van der Waals surface area contributed by atoms with Gasteiger partial charge in [-0.15, -0.1) is 0 Å². The summed E-state index contributed by atoms with van der Waals surface area (Å²) in [7, 11) is 0. The number of carbonyl (C=O) groups is 1.